The molecule has 0 saturated carbocycles. The molecule has 16 heavy (non-hydrogen) atoms. The summed E-state index contributed by atoms with van der Waals surface area (Å²) in [6.45, 7) is 3.61. The molecule has 1 aromatic rings. The summed E-state index contributed by atoms with van der Waals surface area (Å²) in [6, 6.07) is 5.51. The van der Waals surface area contributed by atoms with Gasteiger partial charge >= 0.3 is 0 Å². The first-order valence-electron chi connectivity index (χ1n) is 5.13. The predicted octanol–water partition coefficient (Wildman–Crippen LogP) is 1.72. The Balaban J connectivity index is 2.72. The zero-order chi connectivity index (χ0) is 12.2. The number of hydrogen-bond donors (Lipinski definition) is 2. The molecule has 0 atom stereocenters. The molecule has 0 fully saturated rings. The molecule has 0 aromatic heterocycles. The normalized spacial score (nSPS) is 11.2. The molecule has 0 aliphatic heterocycles. The van der Waals surface area contributed by atoms with Gasteiger partial charge < -0.3 is 10.4 Å². The largest absolute Gasteiger partial charge is 0.396 e. The average molecular weight is 225 g/mol. The Morgan fingerprint density at radius 3 is 2.75 bits per heavy atom. The van der Waals surface area contributed by atoms with E-state index < -0.39 is 11.4 Å². The molecule has 4 heteroatoms. The maximum atomic E-state index is 12.9. The lowest BCUT2D eigenvalue weighted by atomic mass is 10.0. The van der Waals surface area contributed by atoms with Crippen LogP contribution in [0.1, 0.15) is 30.6 Å². The van der Waals surface area contributed by atoms with Gasteiger partial charge in [0, 0.05) is 17.7 Å². The number of halogens is 1. The van der Waals surface area contributed by atoms with Gasteiger partial charge in [0.1, 0.15) is 5.82 Å². The maximum Gasteiger partial charge on any atom is 0.251 e. The number of nitrogens with one attached hydrogen (secondary N) is 1. The van der Waals surface area contributed by atoms with E-state index in [-0.39, 0.29) is 18.1 Å². The van der Waals surface area contributed by atoms with Crippen LogP contribution in [0.4, 0.5) is 4.39 Å². The minimum Gasteiger partial charge on any atom is -0.396 e. The van der Waals surface area contributed by atoms with E-state index in [4.69, 9.17) is 5.11 Å². The van der Waals surface area contributed by atoms with Gasteiger partial charge in [0.2, 0.25) is 0 Å². The monoisotopic (exact) mass is 225 g/mol. The number of benzene rings is 1. The first-order chi connectivity index (χ1) is 7.44. The number of amides is 1. The summed E-state index contributed by atoms with van der Waals surface area (Å²) in [5, 5.41) is 11.6. The Kier molecular flexibility index (Phi) is 4.01. The number of aliphatic hydroxyl groups excluding tert-OH is 1. The summed E-state index contributed by atoms with van der Waals surface area (Å²) in [4.78, 5) is 11.7. The molecule has 0 radical (unpaired) electrons. The fourth-order valence-electron chi connectivity index (χ4n) is 1.35. The quantitative estimate of drug-likeness (QED) is 0.819. The number of rotatable bonds is 4. The second-order valence-electron chi connectivity index (χ2n) is 4.32. The lowest BCUT2D eigenvalue weighted by Gasteiger charge is -2.25. The fourth-order valence-corrected chi connectivity index (χ4v) is 1.35. The van der Waals surface area contributed by atoms with E-state index in [2.05, 4.69) is 5.32 Å². The molecule has 0 aliphatic carbocycles. The molecule has 0 bridgehead atoms. The average Bonchev–Trinajstić information content (AvgIpc) is 2.16. The van der Waals surface area contributed by atoms with Gasteiger partial charge in [-0.15, -0.1) is 0 Å². The van der Waals surface area contributed by atoms with Crippen molar-refractivity contribution in [3.05, 3.63) is 35.6 Å². The molecule has 0 saturated heterocycles. The SMILES string of the molecule is CC(C)(CCO)NC(=O)c1cccc(F)c1. The van der Waals surface area contributed by atoms with E-state index in [0.717, 1.165) is 0 Å². The second kappa shape index (κ2) is 5.07. The molecule has 0 spiro atoms. The van der Waals surface area contributed by atoms with Crippen LogP contribution in [0.3, 0.4) is 0 Å². The molecule has 0 heterocycles. The topological polar surface area (TPSA) is 49.3 Å². The molecule has 88 valence electrons. The molecule has 0 aliphatic rings. The van der Waals surface area contributed by atoms with E-state index in [1.165, 1.54) is 18.2 Å². The van der Waals surface area contributed by atoms with Crippen molar-refractivity contribution in [2.75, 3.05) is 6.61 Å². The molecule has 3 nitrogen and oxygen atoms in total. The smallest absolute Gasteiger partial charge is 0.251 e. The number of carbonyl (C=O) groups excluding carboxylic acids is 1. The van der Waals surface area contributed by atoms with Crippen LogP contribution in [0.5, 0.6) is 0 Å². The van der Waals surface area contributed by atoms with Crippen molar-refractivity contribution < 1.29 is 14.3 Å². The first-order valence-corrected chi connectivity index (χ1v) is 5.13. The molecule has 1 aromatic carbocycles. The zero-order valence-electron chi connectivity index (χ0n) is 9.46. The van der Waals surface area contributed by atoms with Crippen LogP contribution >= 0.6 is 0 Å². The third-order valence-electron chi connectivity index (χ3n) is 2.28. The lowest BCUT2D eigenvalue weighted by molar-refractivity contribution is 0.0899. The van der Waals surface area contributed by atoms with E-state index >= 15 is 0 Å². The Bertz CT molecular complexity index is 377. The summed E-state index contributed by atoms with van der Waals surface area (Å²) >= 11 is 0. The fraction of sp³-hybridized carbons (Fsp3) is 0.417. The standard InChI is InChI=1S/C12H16FNO2/c1-12(2,6-7-15)14-11(16)9-4-3-5-10(13)8-9/h3-5,8,15H,6-7H2,1-2H3,(H,14,16). The summed E-state index contributed by atoms with van der Waals surface area (Å²) < 4.78 is 12.9. The van der Waals surface area contributed by atoms with E-state index in [1.54, 1.807) is 19.9 Å². The van der Waals surface area contributed by atoms with Crippen molar-refractivity contribution in [2.24, 2.45) is 0 Å². The third-order valence-corrected chi connectivity index (χ3v) is 2.28. The third kappa shape index (κ3) is 3.62. The summed E-state index contributed by atoms with van der Waals surface area (Å²) in [5.41, 5.74) is -0.218. The summed E-state index contributed by atoms with van der Waals surface area (Å²) in [7, 11) is 0. The second-order valence-corrected chi connectivity index (χ2v) is 4.32. The number of aliphatic hydroxyl groups is 1. The zero-order valence-corrected chi connectivity index (χ0v) is 9.46. The molecule has 1 rings (SSSR count). The van der Waals surface area contributed by atoms with Crippen molar-refractivity contribution in [1.82, 2.24) is 5.32 Å². The summed E-state index contributed by atoms with van der Waals surface area (Å²) in [5.74, 6) is -0.773. The van der Waals surface area contributed by atoms with Gasteiger partial charge in [0.15, 0.2) is 0 Å². The van der Waals surface area contributed by atoms with Crippen molar-refractivity contribution in [3.8, 4) is 0 Å². The Morgan fingerprint density at radius 2 is 2.19 bits per heavy atom. The van der Waals surface area contributed by atoms with Crippen LogP contribution in [-0.2, 0) is 0 Å². The molecule has 2 N–H and O–H groups in total. The molecule has 1 amide bonds. The highest BCUT2D eigenvalue weighted by molar-refractivity contribution is 5.94. The van der Waals surface area contributed by atoms with Crippen LogP contribution in [0.2, 0.25) is 0 Å². The van der Waals surface area contributed by atoms with E-state index in [1.807, 2.05) is 0 Å². The highest BCUT2D eigenvalue weighted by Crippen LogP contribution is 2.10. The van der Waals surface area contributed by atoms with Crippen molar-refractivity contribution >= 4 is 5.91 Å². The van der Waals surface area contributed by atoms with Gasteiger partial charge in [-0.2, -0.15) is 0 Å². The highest BCUT2D eigenvalue weighted by Gasteiger charge is 2.20. The summed E-state index contributed by atoms with van der Waals surface area (Å²) in [6.07, 6.45) is 0.452. The van der Waals surface area contributed by atoms with Gasteiger partial charge in [0.25, 0.3) is 5.91 Å². The number of carbonyl (C=O) groups is 1. The van der Waals surface area contributed by atoms with Gasteiger partial charge in [-0.25, -0.2) is 4.39 Å². The number of hydrogen-bond acceptors (Lipinski definition) is 2. The Morgan fingerprint density at radius 1 is 1.50 bits per heavy atom. The van der Waals surface area contributed by atoms with Gasteiger partial charge in [-0.05, 0) is 38.5 Å². The van der Waals surface area contributed by atoms with Gasteiger partial charge in [-0.1, -0.05) is 6.07 Å². The molecular formula is C12H16FNO2. The van der Waals surface area contributed by atoms with Gasteiger partial charge in [0.05, 0.1) is 0 Å². The van der Waals surface area contributed by atoms with Crippen LogP contribution in [0.15, 0.2) is 24.3 Å². The van der Waals surface area contributed by atoms with Crippen LogP contribution in [0.25, 0.3) is 0 Å². The van der Waals surface area contributed by atoms with Crippen LogP contribution in [0, 0.1) is 5.82 Å². The van der Waals surface area contributed by atoms with E-state index in [0.29, 0.717) is 6.42 Å². The molecule has 0 unspecified atom stereocenters. The van der Waals surface area contributed by atoms with E-state index in [9.17, 15) is 9.18 Å². The lowest BCUT2D eigenvalue weighted by Crippen LogP contribution is -2.44. The van der Waals surface area contributed by atoms with Crippen molar-refractivity contribution in [1.29, 1.82) is 0 Å². The van der Waals surface area contributed by atoms with Crippen LogP contribution in [-0.4, -0.2) is 23.2 Å². The predicted molar refractivity (Wildman–Crippen MR) is 59.6 cm³/mol. The Hall–Kier alpha value is -1.42. The Labute approximate surface area is 94.3 Å². The minimum atomic E-state index is -0.502. The maximum absolute atomic E-state index is 12.9. The molecular weight excluding hydrogens is 209 g/mol. The van der Waals surface area contributed by atoms with Crippen LogP contribution < -0.4 is 5.32 Å². The first kappa shape index (κ1) is 12.6. The minimum absolute atomic E-state index is 0.00354. The van der Waals surface area contributed by atoms with Crippen molar-refractivity contribution in [2.45, 2.75) is 25.8 Å². The highest BCUT2D eigenvalue weighted by atomic mass is 19.1. The van der Waals surface area contributed by atoms with Gasteiger partial charge in [-0.3, -0.25) is 4.79 Å². The van der Waals surface area contributed by atoms with Crippen molar-refractivity contribution in [3.63, 3.8) is 0 Å².